The van der Waals surface area contributed by atoms with Crippen LogP contribution in [0.4, 0.5) is 5.69 Å². The quantitative estimate of drug-likeness (QED) is 0.728. The van der Waals surface area contributed by atoms with Gasteiger partial charge >= 0.3 is 0 Å². The van der Waals surface area contributed by atoms with Crippen molar-refractivity contribution in [2.45, 2.75) is 23.5 Å². The Morgan fingerprint density at radius 1 is 1.10 bits per heavy atom. The predicted molar refractivity (Wildman–Crippen MR) is 106 cm³/mol. The first kappa shape index (κ1) is 20.2. The highest BCUT2D eigenvalue weighted by Gasteiger charge is 2.43. The zero-order chi connectivity index (χ0) is 20.8. The molecule has 0 bridgehead atoms. The molecule has 0 unspecified atom stereocenters. The molecular formula is C18H16Cl2N2O6S. The Labute approximate surface area is 177 Å². The second-order valence-electron chi connectivity index (χ2n) is 6.61. The highest BCUT2D eigenvalue weighted by atomic mass is 35.5. The summed E-state index contributed by atoms with van der Waals surface area (Å²) in [6.07, 6.45) is -1.00. The molecule has 0 saturated carbocycles. The highest BCUT2D eigenvalue weighted by molar-refractivity contribution is 7.89. The van der Waals surface area contributed by atoms with E-state index in [-0.39, 0.29) is 34.7 Å². The molecule has 0 spiro atoms. The summed E-state index contributed by atoms with van der Waals surface area (Å²) in [5.74, 6) is 0.474. The number of fused-ring (bicyclic) bond motifs is 1. The number of hydrogen-bond donors (Lipinski definition) is 2. The standard InChI is InChI=1S/C18H16Cl2N2O6S/c19-13-3-2-12(7-14(13)20)29(25,26)22-8-11(23)6-15(22)18(24)21-10-1-4-16-17(5-10)28-9-27-16/h1-5,7,11,15,23H,6,8-9H2,(H,21,24)/t11-,15+/m0/s1. The number of nitrogens with zero attached hydrogens (tertiary/aromatic N) is 1. The number of halogens is 2. The number of carbonyl (C=O) groups is 1. The van der Waals surface area contributed by atoms with Gasteiger partial charge in [-0.15, -0.1) is 0 Å². The van der Waals surface area contributed by atoms with Gasteiger partial charge < -0.3 is 19.9 Å². The Kier molecular flexibility index (Phi) is 5.34. The van der Waals surface area contributed by atoms with E-state index in [2.05, 4.69) is 5.32 Å². The molecule has 2 aliphatic rings. The van der Waals surface area contributed by atoms with Gasteiger partial charge in [-0.2, -0.15) is 4.31 Å². The largest absolute Gasteiger partial charge is 0.454 e. The zero-order valence-corrected chi connectivity index (χ0v) is 17.2. The van der Waals surface area contributed by atoms with Gasteiger partial charge in [0.25, 0.3) is 0 Å². The molecule has 2 heterocycles. The van der Waals surface area contributed by atoms with Crippen LogP contribution in [0.2, 0.25) is 10.0 Å². The van der Waals surface area contributed by atoms with Gasteiger partial charge in [0.15, 0.2) is 11.5 Å². The van der Waals surface area contributed by atoms with Crippen LogP contribution in [0.15, 0.2) is 41.3 Å². The summed E-state index contributed by atoms with van der Waals surface area (Å²) < 4.78 is 37.6. The lowest BCUT2D eigenvalue weighted by atomic mass is 10.2. The fraction of sp³-hybridized carbons (Fsp3) is 0.278. The van der Waals surface area contributed by atoms with E-state index in [4.69, 9.17) is 32.7 Å². The summed E-state index contributed by atoms with van der Waals surface area (Å²) in [7, 11) is -4.08. The average molecular weight is 459 g/mol. The summed E-state index contributed by atoms with van der Waals surface area (Å²) in [4.78, 5) is 12.7. The third kappa shape index (κ3) is 3.88. The Morgan fingerprint density at radius 2 is 1.86 bits per heavy atom. The molecule has 2 aromatic rings. The van der Waals surface area contributed by atoms with Crippen molar-refractivity contribution in [3.63, 3.8) is 0 Å². The van der Waals surface area contributed by atoms with Crippen LogP contribution < -0.4 is 14.8 Å². The fourth-order valence-corrected chi connectivity index (χ4v) is 5.29. The van der Waals surface area contributed by atoms with Gasteiger partial charge in [-0.25, -0.2) is 8.42 Å². The van der Waals surface area contributed by atoms with E-state index < -0.39 is 28.1 Å². The Hall–Kier alpha value is -2.04. The van der Waals surface area contributed by atoms with Crippen molar-refractivity contribution in [3.8, 4) is 11.5 Å². The minimum absolute atomic E-state index is 0.0308. The van der Waals surface area contributed by atoms with Crippen LogP contribution in [0.5, 0.6) is 11.5 Å². The number of β-amino-alcohol motifs (C(OH)–C–C–N with tert-alkyl or cyclic N) is 1. The van der Waals surface area contributed by atoms with Crippen molar-refractivity contribution < 1.29 is 27.8 Å². The van der Waals surface area contributed by atoms with Crippen molar-refractivity contribution in [1.82, 2.24) is 4.31 Å². The van der Waals surface area contributed by atoms with Crippen molar-refractivity contribution >= 4 is 44.8 Å². The van der Waals surface area contributed by atoms with E-state index in [0.29, 0.717) is 17.2 Å². The molecule has 0 aliphatic carbocycles. The smallest absolute Gasteiger partial charge is 0.243 e. The van der Waals surface area contributed by atoms with Crippen LogP contribution in [0.3, 0.4) is 0 Å². The number of sulfonamides is 1. The molecule has 0 aromatic heterocycles. The van der Waals surface area contributed by atoms with Crippen LogP contribution in [0.1, 0.15) is 6.42 Å². The van der Waals surface area contributed by atoms with Gasteiger partial charge in [-0.3, -0.25) is 4.79 Å². The van der Waals surface area contributed by atoms with Gasteiger partial charge in [0.1, 0.15) is 6.04 Å². The number of hydrogen-bond acceptors (Lipinski definition) is 6. The van der Waals surface area contributed by atoms with Crippen LogP contribution >= 0.6 is 23.2 Å². The van der Waals surface area contributed by atoms with Crippen LogP contribution in [0.25, 0.3) is 0 Å². The molecule has 1 fully saturated rings. The first-order valence-electron chi connectivity index (χ1n) is 8.61. The Morgan fingerprint density at radius 3 is 2.62 bits per heavy atom. The molecule has 1 amide bonds. The van der Waals surface area contributed by atoms with E-state index in [9.17, 15) is 18.3 Å². The van der Waals surface area contributed by atoms with Crippen LogP contribution in [0, 0.1) is 0 Å². The molecule has 8 nitrogen and oxygen atoms in total. The van der Waals surface area contributed by atoms with Gasteiger partial charge in [-0.1, -0.05) is 23.2 Å². The zero-order valence-electron chi connectivity index (χ0n) is 14.8. The van der Waals surface area contributed by atoms with E-state index in [0.717, 1.165) is 4.31 Å². The highest BCUT2D eigenvalue weighted by Crippen LogP contribution is 2.35. The lowest BCUT2D eigenvalue weighted by Gasteiger charge is -2.23. The second-order valence-corrected chi connectivity index (χ2v) is 9.32. The molecule has 29 heavy (non-hydrogen) atoms. The predicted octanol–water partition coefficient (Wildman–Crippen LogP) is 2.48. The number of amides is 1. The van der Waals surface area contributed by atoms with Crippen molar-refractivity contribution in [2.75, 3.05) is 18.7 Å². The van der Waals surface area contributed by atoms with E-state index >= 15 is 0 Å². The van der Waals surface area contributed by atoms with Gasteiger partial charge in [0.05, 0.1) is 21.0 Å². The molecule has 2 aromatic carbocycles. The number of aliphatic hydroxyl groups excluding tert-OH is 1. The van der Waals surface area contributed by atoms with Crippen molar-refractivity contribution in [3.05, 3.63) is 46.4 Å². The number of ether oxygens (including phenoxy) is 2. The maximum Gasteiger partial charge on any atom is 0.243 e. The van der Waals surface area contributed by atoms with Gasteiger partial charge in [0, 0.05) is 24.7 Å². The molecule has 2 N–H and O–H groups in total. The molecule has 4 rings (SSSR count). The summed E-state index contributed by atoms with van der Waals surface area (Å²) in [6, 6.07) is 7.65. The van der Waals surface area contributed by atoms with Crippen LogP contribution in [-0.4, -0.2) is 49.2 Å². The van der Waals surface area contributed by atoms with Gasteiger partial charge in [-0.05, 0) is 30.3 Å². The number of anilines is 1. The number of benzene rings is 2. The number of aliphatic hydroxyl groups is 1. The minimum Gasteiger partial charge on any atom is -0.454 e. The minimum atomic E-state index is -4.08. The van der Waals surface area contributed by atoms with Crippen molar-refractivity contribution in [1.29, 1.82) is 0 Å². The molecular weight excluding hydrogens is 443 g/mol. The first-order chi connectivity index (χ1) is 13.8. The average Bonchev–Trinajstić information content (AvgIpc) is 3.30. The molecule has 154 valence electrons. The summed E-state index contributed by atoms with van der Waals surface area (Å²) in [5.41, 5.74) is 0.424. The molecule has 11 heteroatoms. The third-order valence-corrected chi connectivity index (χ3v) is 7.28. The number of nitrogens with one attached hydrogen (secondary N) is 1. The van der Waals surface area contributed by atoms with Crippen LogP contribution in [-0.2, 0) is 14.8 Å². The first-order valence-corrected chi connectivity index (χ1v) is 10.8. The molecule has 0 radical (unpaired) electrons. The Bertz CT molecular complexity index is 1080. The maximum atomic E-state index is 13.1. The Balaban J connectivity index is 1.58. The third-order valence-electron chi connectivity index (χ3n) is 4.67. The monoisotopic (exact) mass is 458 g/mol. The molecule has 2 aliphatic heterocycles. The van der Waals surface area contributed by atoms with E-state index in [1.165, 1.54) is 18.2 Å². The second kappa shape index (κ2) is 7.66. The molecule has 2 atom stereocenters. The normalized spacial score (nSPS) is 21.3. The lowest BCUT2D eigenvalue weighted by Crippen LogP contribution is -2.43. The summed E-state index contributed by atoms with van der Waals surface area (Å²) in [5, 5.41) is 13.0. The van der Waals surface area contributed by atoms with E-state index in [1.807, 2.05) is 0 Å². The van der Waals surface area contributed by atoms with E-state index in [1.54, 1.807) is 18.2 Å². The van der Waals surface area contributed by atoms with Crippen molar-refractivity contribution in [2.24, 2.45) is 0 Å². The summed E-state index contributed by atoms with van der Waals surface area (Å²) in [6.45, 7) is -0.112. The number of carbonyl (C=O) groups excluding carboxylic acids is 1. The number of rotatable bonds is 4. The fourth-order valence-electron chi connectivity index (χ4n) is 3.26. The maximum absolute atomic E-state index is 13.1. The molecule has 1 saturated heterocycles. The van der Waals surface area contributed by atoms with Gasteiger partial charge in [0.2, 0.25) is 22.7 Å². The topological polar surface area (TPSA) is 105 Å². The summed E-state index contributed by atoms with van der Waals surface area (Å²) >= 11 is 11.8. The SMILES string of the molecule is O=C(Nc1ccc2c(c1)OCO2)[C@H]1C[C@H](O)CN1S(=O)(=O)c1ccc(Cl)c(Cl)c1. The lowest BCUT2D eigenvalue weighted by molar-refractivity contribution is -0.119.